The van der Waals surface area contributed by atoms with Crippen molar-refractivity contribution in [2.75, 3.05) is 26.2 Å². The van der Waals surface area contributed by atoms with Gasteiger partial charge in [0.25, 0.3) is 0 Å². The number of nitrogens with zero attached hydrogens (tertiary/aromatic N) is 1. The first-order chi connectivity index (χ1) is 7.88. The van der Waals surface area contributed by atoms with E-state index in [4.69, 9.17) is 4.84 Å². The van der Waals surface area contributed by atoms with E-state index in [1.165, 1.54) is 5.56 Å². The molecule has 86 valence electrons. The molecule has 1 aromatic carbocycles. The lowest BCUT2D eigenvalue weighted by Gasteiger charge is -2.26. The summed E-state index contributed by atoms with van der Waals surface area (Å²) in [5.41, 5.74) is 1.27. The molecule has 0 saturated carbocycles. The molecule has 0 aromatic heterocycles. The molecule has 1 aliphatic heterocycles. The smallest absolute Gasteiger partial charge is 0.147 e. The van der Waals surface area contributed by atoms with Gasteiger partial charge >= 0.3 is 0 Å². The topological polar surface area (TPSA) is 24.5 Å². The van der Waals surface area contributed by atoms with Crippen LogP contribution in [0.5, 0.6) is 5.75 Å². The quantitative estimate of drug-likeness (QED) is 0.777. The van der Waals surface area contributed by atoms with Gasteiger partial charge in [-0.05, 0) is 24.1 Å². The maximum absolute atomic E-state index is 5.76. The Balaban J connectivity index is 1.90. The molecule has 0 atom stereocenters. The number of hydrogen-bond donors (Lipinski definition) is 1. The molecule has 0 amide bonds. The summed E-state index contributed by atoms with van der Waals surface area (Å²) in [6.07, 6.45) is 2.82. The van der Waals surface area contributed by atoms with Gasteiger partial charge in [-0.2, -0.15) is 0 Å². The van der Waals surface area contributed by atoms with Crippen LogP contribution in [0.4, 0.5) is 0 Å². The van der Waals surface area contributed by atoms with E-state index >= 15 is 0 Å². The Morgan fingerprint density at radius 1 is 1.25 bits per heavy atom. The van der Waals surface area contributed by atoms with E-state index in [2.05, 4.69) is 24.0 Å². The maximum atomic E-state index is 5.76. The highest BCUT2D eigenvalue weighted by atomic mass is 16.7. The Morgan fingerprint density at radius 3 is 2.56 bits per heavy atom. The van der Waals surface area contributed by atoms with Crippen molar-refractivity contribution in [3.63, 3.8) is 0 Å². The maximum Gasteiger partial charge on any atom is 0.147 e. The van der Waals surface area contributed by atoms with Crippen LogP contribution in [0.2, 0.25) is 0 Å². The zero-order chi connectivity index (χ0) is 11.2. The highest BCUT2D eigenvalue weighted by Crippen LogP contribution is 2.14. The molecule has 3 heteroatoms. The normalized spacial score (nSPS) is 17.0. The van der Waals surface area contributed by atoms with Gasteiger partial charge in [0.1, 0.15) is 5.75 Å². The molecule has 1 heterocycles. The molecule has 0 bridgehead atoms. The summed E-state index contributed by atoms with van der Waals surface area (Å²) in [5.74, 6) is 0.912. The van der Waals surface area contributed by atoms with Crippen LogP contribution in [-0.4, -0.2) is 31.2 Å². The van der Waals surface area contributed by atoms with Gasteiger partial charge in [-0.25, -0.2) is 0 Å². The predicted molar refractivity (Wildman–Crippen MR) is 65.4 cm³/mol. The Bertz CT molecular complexity index is 328. The third kappa shape index (κ3) is 3.08. The van der Waals surface area contributed by atoms with Crippen LogP contribution in [0, 0.1) is 0 Å². The molecule has 1 fully saturated rings. The van der Waals surface area contributed by atoms with E-state index in [0.717, 1.165) is 38.3 Å². The lowest BCUT2D eigenvalue weighted by molar-refractivity contribution is -0.0664. The van der Waals surface area contributed by atoms with Crippen molar-refractivity contribution < 1.29 is 4.84 Å². The van der Waals surface area contributed by atoms with Gasteiger partial charge in [0.2, 0.25) is 0 Å². The summed E-state index contributed by atoms with van der Waals surface area (Å²) in [7, 11) is 0. The van der Waals surface area contributed by atoms with Crippen molar-refractivity contribution in [1.29, 1.82) is 0 Å². The van der Waals surface area contributed by atoms with Crippen LogP contribution in [0.15, 0.2) is 36.9 Å². The molecule has 1 saturated heterocycles. The van der Waals surface area contributed by atoms with Crippen molar-refractivity contribution in [3.8, 4) is 5.75 Å². The number of allylic oxidation sites excluding steroid dienone is 1. The van der Waals surface area contributed by atoms with Crippen LogP contribution in [0.1, 0.15) is 5.56 Å². The van der Waals surface area contributed by atoms with Gasteiger partial charge < -0.3 is 10.2 Å². The van der Waals surface area contributed by atoms with Gasteiger partial charge in [0, 0.05) is 26.2 Å². The molecule has 1 aromatic rings. The first-order valence-electron chi connectivity index (χ1n) is 5.72. The molecule has 3 nitrogen and oxygen atoms in total. The molecular weight excluding hydrogens is 200 g/mol. The Morgan fingerprint density at radius 2 is 1.94 bits per heavy atom. The zero-order valence-electron chi connectivity index (χ0n) is 9.48. The van der Waals surface area contributed by atoms with Gasteiger partial charge in [-0.15, -0.1) is 11.6 Å². The van der Waals surface area contributed by atoms with Crippen molar-refractivity contribution in [2.45, 2.75) is 6.42 Å². The summed E-state index contributed by atoms with van der Waals surface area (Å²) in [4.78, 5) is 5.76. The zero-order valence-corrected chi connectivity index (χ0v) is 9.48. The molecule has 16 heavy (non-hydrogen) atoms. The van der Waals surface area contributed by atoms with Crippen LogP contribution in [0.25, 0.3) is 0 Å². The van der Waals surface area contributed by atoms with E-state index in [9.17, 15) is 0 Å². The molecule has 1 N–H and O–H groups in total. The van der Waals surface area contributed by atoms with Crippen molar-refractivity contribution >= 4 is 0 Å². The van der Waals surface area contributed by atoms with Crippen LogP contribution in [0.3, 0.4) is 0 Å². The van der Waals surface area contributed by atoms with Crippen LogP contribution in [-0.2, 0) is 6.42 Å². The number of benzene rings is 1. The van der Waals surface area contributed by atoms with Gasteiger partial charge in [-0.1, -0.05) is 18.2 Å². The average Bonchev–Trinajstić information content (AvgIpc) is 2.33. The molecule has 2 rings (SSSR count). The molecule has 0 aliphatic carbocycles. The molecule has 1 aliphatic rings. The summed E-state index contributed by atoms with van der Waals surface area (Å²) in [6.45, 7) is 7.59. The number of hydrogen-bond acceptors (Lipinski definition) is 3. The first kappa shape index (κ1) is 11.2. The second kappa shape index (κ2) is 5.68. The Labute approximate surface area is 96.7 Å². The Hall–Kier alpha value is -1.32. The minimum absolute atomic E-state index is 0.911. The third-order valence-electron chi connectivity index (χ3n) is 2.61. The van der Waals surface area contributed by atoms with E-state index in [1.54, 1.807) is 0 Å². The summed E-state index contributed by atoms with van der Waals surface area (Å²) >= 11 is 0. The summed E-state index contributed by atoms with van der Waals surface area (Å²) in [5, 5.41) is 5.29. The fourth-order valence-electron chi connectivity index (χ4n) is 1.74. The minimum Gasteiger partial charge on any atom is -0.406 e. The third-order valence-corrected chi connectivity index (χ3v) is 2.61. The average molecular weight is 218 g/mol. The SMILES string of the molecule is C=CCc1ccc(ON2CCNCC2)cc1. The molecule has 0 radical (unpaired) electrons. The lowest BCUT2D eigenvalue weighted by atomic mass is 10.1. The van der Waals surface area contributed by atoms with Gasteiger partial charge in [0.15, 0.2) is 0 Å². The number of rotatable bonds is 4. The highest BCUT2D eigenvalue weighted by Gasteiger charge is 2.10. The van der Waals surface area contributed by atoms with E-state index < -0.39 is 0 Å². The fourth-order valence-corrected chi connectivity index (χ4v) is 1.74. The number of nitrogens with one attached hydrogen (secondary N) is 1. The summed E-state index contributed by atoms with van der Waals surface area (Å²) in [6, 6.07) is 8.19. The van der Waals surface area contributed by atoms with Crippen molar-refractivity contribution in [2.24, 2.45) is 0 Å². The predicted octanol–water partition coefficient (Wildman–Crippen LogP) is 1.61. The number of hydroxylamine groups is 2. The van der Waals surface area contributed by atoms with Crippen LogP contribution >= 0.6 is 0 Å². The van der Waals surface area contributed by atoms with Crippen LogP contribution < -0.4 is 10.2 Å². The van der Waals surface area contributed by atoms with Crippen molar-refractivity contribution in [1.82, 2.24) is 10.4 Å². The largest absolute Gasteiger partial charge is 0.406 e. The standard InChI is InChI=1S/C13H18N2O/c1-2-3-12-4-6-13(7-5-12)16-15-10-8-14-9-11-15/h2,4-7,14H,1,3,8-11H2. The highest BCUT2D eigenvalue weighted by molar-refractivity contribution is 5.28. The monoisotopic (exact) mass is 218 g/mol. The molecule has 0 unspecified atom stereocenters. The van der Waals surface area contributed by atoms with E-state index in [0.29, 0.717) is 0 Å². The molecular formula is C13H18N2O. The summed E-state index contributed by atoms with van der Waals surface area (Å²) < 4.78 is 0. The molecule has 0 spiro atoms. The first-order valence-corrected chi connectivity index (χ1v) is 5.72. The fraction of sp³-hybridized carbons (Fsp3) is 0.385. The van der Waals surface area contributed by atoms with E-state index in [-0.39, 0.29) is 0 Å². The minimum atomic E-state index is 0.911. The van der Waals surface area contributed by atoms with Crippen molar-refractivity contribution in [3.05, 3.63) is 42.5 Å². The second-order valence-corrected chi connectivity index (χ2v) is 3.91. The van der Waals surface area contributed by atoms with E-state index in [1.807, 2.05) is 23.3 Å². The van der Waals surface area contributed by atoms with Gasteiger partial charge in [0.05, 0.1) is 0 Å². The second-order valence-electron chi connectivity index (χ2n) is 3.91. The Kier molecular flexibility index (Phi) is 3.97. The van der Waals surface area contributed by atoms with Gasteiger partial charge in [-0.3, -0.25) is 0 Å². The lowest BCUT2D eigenvalue weighted by Crippen LogP contribution is -2.45. The number of piperazine rings is 1.